The summed E-state index contributed by atoms with van der Waals surface area (Å²) >= 11 is 3.39. The Balaban J connectivity index is 2.47. The van der Waals surface area contributed by atoms with Crippen molar-refractivity contribution in [2.45, 2.75) is 59.2 Å². The lowest BCUT2D eigenvalue weighted by molar-refractivity contribution is -0.140. The van der Waals surface area contributed by atoms with Crippen molar-refractivity contribution in [1.82, 2.24) is 10.2 Å². The second-order valence-electron chi connectivity index (χ2n) is 8.41. The van der Waals surface area contributed by atoms with E-state index in [0.717, 1.165) is 28.1 Å². The highest BCUT2D eigenvalue weighted by atomic mass is 79.9. The Bertz CT molecular complexity index is 1110. The molecule has 0 spiro atoms. The molecule has 0 bridgehead atoms. The monoisotopic (exact) mass is 551 g/mol. The van der Waals surface area contributed by atoms with Gasteiger partial charge in [-0.2, -0.15) is 0 Å². The number of hydrogen-bond donors (Lipinski definition) is 1. The van der Waals surface area contributed by atoms with Crippen molar-refractivity contribution in [3.8, 4) is 0 Å². The van der Waals surface area contributed by atoms with Gasteiger partial charge < -0.3 is 10.2 Å². The molecule has 0 saturated carbocycles. The van der Waals surface area contributed by atoms with E-state index in [2.05, 4.69) is 21.2 Å². The highest BCUT2D eigenvalue weighted by Crippen LogP contribution is 2.28. The molecule has 0 radical (unpaired) electrons. The average molecular weight is 553 g/mol. The average Bonchev–Trinajstić information content (AvgIpc) is 2.78. The number of rotatable bonds is 11. The number of halogens is 1. The summed E-state index contributed by atoms with van der Waals surface area (Å²) in [7, 11) is -3.77. The van der Waals surface area contributed by atoms with E-state index in [1.54, 1.807) is 24.3 Å². The van der Waals surface area contributed by atoms with Crippen LogP contribution in [0.15, 0.2) is 53.0 Å². The Morgan fingerprint density at radius 3 is 2.21 bits per heavy atom. The molecule has 1 N–H and O–H groups in total. The second-order valence-corrected chi connectivity index (χ2v) is 11.2. The maximum absolute atomic E-state index is 13.7. The van der Waals surface area contributed by atoms with Crippen molar-refractivity contribution in [1.29, 1.82) is 0 Å². The summed E-state index contributed by atoms with van der Waals surface area (Å²) in [5, 5.41) is 2.97. The van der Waals surface area contributed by atoms with Crippen LogP contribution in [0.5, 0.6) is 0 Å². The van der Waals surface area contributed by atoms with Gasteiger partial charge in [-0.1, -0.05) is 50.2 Å². The van der Waals surface area contributed by atoms with Crippen LogP contribution in [0.25, 0.3) is 0 Å². The molecule has 2 aromatic carbocycles. The molecule has 186 valence electrons. The summed E-state index contributed by atoms with van der Waals surface area (Å²) in [6.45, 7) is 7.47. The number of amides is 2. The number of sulfonamides is 1. The van der Waals surface area contributed by atoms with Crippen LogP contribution < -0.4 is 9.62 Å². The van der Waals surface area contributed by atoms with Crippen LogP contribution in [-0.4, -0.2) is 50.0 Å². The van der Waals surface area contributed by atoms with Gasteiger partial charge in [0.05, 0.1) is 11.9 Å². The molecule has 0 heterocycles. The fraction of sp³-hybridized carbons (Fsp3) is 0.440. The Labute approximate surface area is 211 Å². The van der Waals surface area contributed by atoms with E-state index < -0.39 is 28.5 Å². The van der Waals surface area contributed by atoms with Gasteiger partial charge in [0.1, 0.15) is 12.6 Å². The molecule has 0 fully saturated rings. The highest BCUT2D eigenvalue weighted by molar-refractivity contribution is 9.10. The van der Waals surface area contributed by atoms with Gasteiger partial charge in [-0.15, -0.1) is 0 Å². The van der Waals surface area contributed by atoms with Crippen LogP contribution in [0.3, 0.4) is 0 Å². The zero-order valence-corrected chi connectivity index (χ0v) is 22.8. The van der Waals surface area contributed by atoms with Crippen LogP contribution in [0.1, 0.15) is 44.7 Å². The summed E-state index contributed by atoms with van der Waals surface area (Å²) in [5.41, 5.74) is 2.26. The number of hydrogen-bond acceptors (Lipinski definition) is 4. The largest absolute Gasteiger partial charge is 0.352 e. The van der Waals surface area contributed by atoms with Crippen LogP contribution in [0, 0.1) is 6.92 Å². The fourth-order valence-electron chi connectivity index (χ4n) is 3.58. The quantitative estimate of drug-likeness (QED) is 0.452. The first kappa shape index (κ1) is 27.9. The lowest BCUT2D eigenvalue weighted by Crippen LogP contribution is -2.53. The van der Waals surface area contributed by atoms with Gasteiger partial charge in [-0.3, -0.25) is 13.9 Å². The molecule has 2 amide bonds. The third-order valence-electron chi connectivity index (χ3n) is 5.79. The van der Waals surface area contributed by atoms with E-state index in [1.807, 2.05) is 52.0 Å². The van der Waals surface area contributed by atoms with Crippen molar-refractivity contribution >= 4 is 43.5 Å². The zero-order valence-electron chi connectivity index (χ0n) is 20.4. The van der Waals surface area contributed by atoms with E-state index in [1.165, 1.54) is 4.90 Å². The number of para-hydroxylation sites is 1. The molecule has 0 aliphatic rings. The van der Waals surface area contributed by atoms with E-state index in [0.29, 0.717) is 16.6 Å². The van der Waals surface area contributed by atoms with Crippen LogP contribution in [-0.2, 0) is 26.2 Å². The van der Waals surface area contributed by atoms with Crippen molar-refractivity contribution in [2.75, 3.05) is 17.1 Å². The van der Waals surface area contributed by atoms with Gasteiger partial charge in [0, 0.05) is 17.1 Å². The number of carbonyl (C=O) groups is 2. The van der Waals surface area contributed by atoms with Crippen molar-refractivity contribution in [2.24, 2.45) is 0 Å². The minimum Gasteiger partial charge on any atom is -0.352 e. The molecule has 34 heavy (non-hydrogen) atoms. The topological polar surface area (TPSA) is 86.8 Å². The number of anilines is 1. The fourth-order valence-corrected chi connectivity index (χ4v) is 5.06. The number of nitrogens with zero attached hydrogens (tertiary/aromatic N) is 2. The normalized spacial score (nSPS) is 13.1. The van der Waals surface area contributed by atoms with Crippen LogP contribution in [0.4, 0.5) is 5.69 Å². The molecule has 9 heteroatoms. The number of carbonyl (C=O) groups excluding carboxylic acids is 2. The minimum atomic E-state index is -3.77. The Morgan fingerprint density at radius 1 is 1.03 bits per heavy atom. The van der Waals surface area contributed by atoms with Gasteiger partial charge in [0.25, 0.3) is 0 Å². The Kier molecular flexibility index (Phi) is 10.1. The summed E-state index contributed by atoms with van der Waals surface area (Å²) in [5.74, 6) is -0.693. The van der Waals surface area contributed by atoms with Gasteiger partial charge >= 0.3 is 0 Å². The Morgan fingerprint density at radius 2 is 1.65 bits per heavy atom. The van der Waals surface area contributed by atoms with Gasteiger partial charge in [0.2, 0.25) is 21.8 Å². The second kappa shape index (κ2) is 12.4. The van der Waals surface area contributed by atoms with Crippen molar-refractivity contribution in [3.63, 3.8) is 0 Å². The molecular weight excluding hydrogens is 518 g/mol. The lowest BCUT2D eigenvalue weighted by atomic mass is 10.1. The third kappa shape index (κ3) is 7.30. The summed E-state index contributed by atoms with van der Waals surface area (Å²) in [6.07, 6.45) is 2.23. The first-order valence-corrected chi connectivity index (χ1v) is 14.0. The SMILES string of the molecule is CC[C@@H](C)NC(=O)[C@H](CC)N(Cc1ccccc1C)C(=O)CN(c1ccccc1Br)S(C)(=O)=O. The first-order valence-electron chi connectivity index (χ1n) is 11.4. The summed E-state index contributed by atoms with van der Waals surface area (Å²) in [4.78, 5) is 28.3. The van der Waals surface area contributed by atoms with Crippen LogP contribution in [0.2, 0.25) is 0 Å². The molecule has 7 nitrogen and oxygen atoms in total. The van der Waals surface area contributed by atoms with Crippen molar-refractivity contribution in [3.05, 3.63) is 64.1 Å². The van der Waals surface area contributed by atoms with E-state index in [-0.39, 0.29) is 18.5 Å². The molecule has 2 rings (SSSR count). The zero-order chi connectivity index (χ0) is 25.5. The van der Waals surface area contributed by atoms with E-state index in [4.69, 9.17) is 0 Å². The smallest absolute Gasteiger partial charge is 0.244 e. The Hall–Kier alpha value is -2.39. The molecule has 0 aliphatic carbocycles. The molecule has 0 aromatic heterocycles. The number of aryl methyl sites for hydroxylation is 1. The maximum atomic E-state index is 13.7. The molecular formula is C25H34BrN3O4S. The molecule has 2 aromatic rings. The predicted molar refractivity (Wildman–Crippen MR) is 140 cm³/mol. The van der Waals surface area contributed by atoms with Crippen molar-refractivity contribution < 1.29 is 18.0 Å². The maximum Gasteiger partial charge on any atom is 0.244 e. The standard InChI is InChI=1S/C25H34BrN3O4S/c1-6-19(4)27-25(31)22(7-2)28(16-20-13-9-8-12-18(20)3)24(30)17-29(34(5,32)33)23-15-11-10-14-21(23)26/h8-15,19,22H,6-7,16-17H2,1-5H3,(H,27,31)/t19-,22+/m1/s1. The predicted octanol–water partition coefficient (Wildman–Crippen LogP) is 4.25. The first-order chi connectivity index (χ1) is 16.0. The minimum absolute atomic E-state index is 0.0373. The third-order valence-corrected chi connectivity index (χ3v) is 7.59. The molecule has 2 atom stereocenters. The van der Waals surface area contributed by atoms with Crippen LogP contribution >= 0.6 is 15.9 Å². The molecule has 0 unspecified atom stereocenters. The highest BCUT2D eigenvalue weighted by Gasteiger charge is 2.32. The van der Waals surface area contributed by atoms with Gasteiger partial charge in [-0.25, -0.2) is 8.42 Å². The van der Waals surface area contributed by atoms with E-state index in [9.17, 15) is 18.0 Å². The number of nitrogens with one attached hydrogen (secondary N) is 1. The lowest BCUT2D eigenvalue weighted by Gasteiger charge is -2.33. The molecule has 0 aliphatic heterocycles. The van der Waals surface area contributed by atoms with E-state index >= 15 is 0 Å². The summed E-state index contributed by atoms with van der Waals surface area (Å²) < 4.78 is 27.0. The van der Waals surface area contributed by atoms with Gasteiger partial charge in [-0.05, 0) is 65.9 Å². The van der Waals surface area contributed by atoms with Gasteiger partial charge in [0.15, 0.2) is 0 Å². The number of benzene rings is 2. The summed E-state index contributed by atoms with van der Waals surface area (Å²) in [6, 6.07) is 13.7. The molecule has 0 saturated heterocycles.